The number of rotatable bonds is 5. The quantitative estimate of drug-likeness (QED) is 0.796. The summed E-state index contributed by atoms with van der Waals surface area (Å²) in [6, 6.07) is 3.65. The fourth-order valence-corrected chi connectivity index (χ4v) is 1.15. The number of hydrogen-bond acceptors (Lipinski definition) is 3. The van der Waals surface area contributed by atoms with Crippen LogP contribution in [0.4, 0.5) is 0 Å². The molecule has 0 spiro atoms. The summed E-state index contributed by atoms with van der Waals surface area (Å²) < 4.78 is 0. The van der Waals surface area contributed by atoms with Crippen LogP contribution < -0.4 is 5.32 Å². The van der Waals surface area contributed by atoms with Crippen molar-refractivity contribution in [3.05, 3.63) is 24.0 Å². The molecule has 1 aromatic heterocycles. The van der Waals surface area contributed by atoms with Gasteiger partial charge in [0, 0.05) is 12.6 Å². The molecule has 0 fully saturated rings. The van der Waals surface area contributed by atoms with Gasteiger partial charge in [-0.3, -0.25) is 4.79 Å². The van der Waals surface area contributed by atoms with Crippen molar-refractivity contribution in [1.29, 1.82) is 0 Å². The maximum absolute atomic E-state index is 11.4. The molecule has 15 heavy (non-hydrogen) atoms. The molecular formula is C11H17N3O. The van der Waals surface area contributed by atoms with E-state index in [1.807, 2.05) is 12.1 Å². The second kappa shape index (κ2) is 6.11. The first-order valence-corrected chi connectivity index (χ1v) is 5.25. The van der Waals surface area contributed by atoms with Crippen LogP contribution in [0.25, 0.3) is 0 Å². The molecule has 1 atom stereocenters. The number of nitrogens with zero attached hydrogens (tertiary/aromatic N) is 2. The van der Waals surface area contributed by atoms with Crippen LogP contribution in [0.1, 0.15) is 32.4 Å². The molecule has 0 saturated heterocycles. The van der Waals surface area contributed by atoms with E-state index in [1.54, 1.807) is 6.20 Å². The molecule has 0 aromatic carbocycles. The largest absolute Gasteiger partial charge is 0.350 e. The summed E-state index contributed by atoms with van der Waals surface area (Å²) >= 11 is 0. The van der Waals surface area contributed by atoms with Gasteiger partial charge in [-0.15, -0.1) is 0 Å². The minimum atomic E-state index is 0.0787. The van der Waals surface area contributed by atoms with E-state index in [0.717, 1.165) is 12.1 Å². The Balaban J connectivity index is 2.29. The van der Waals surface area contributed by atoms with E-state index in [1.165, 1.54) is 0 Å². The summed E-state index contributed by atoms with van der Waals surface area (Å²) in [4.78, 5) is 11.4. The standard InChI is InChI=1S/C11H17N3O/c1-3-9(2)7-11(15)12-8-10-5-4-6-13-14-10/h4-6,9H,3,7-8H2,1-2H3,(H,12,15). The lowest BCUT2D eigenvalue weighted by molar-refractivity contribution is -0.122. The third-order valence-corrected chi connectivity index (χ3v) is 2.32. The number of carbonyl (C=O) groups excluding carboxylic acids is 1. The van der Waals surface area contributed by atoms with Crippen molar-refractivity contribution in [2.45, 2.75) is 33.2 Å². The van der Waals surface area contributed by atoms with Crippen LogP contribution in [0, 0.1) is 5.92 Å². The monoisotopic (exact) mass is 207 g/mol. The molecule has 1 N–H and O–H groups in total. The predicted molar refractivity (Wildman–Crippen MR) is 58.0 cm³/mol. The molecule has 4 nitrogen and oxygen atoms in total. The zero-order valence-electron chi connectivity index (χ0n) is 9.23. The summed E-state index contributed by atoms with van der Waals surface area (Å²) in [5.41, 5.74) is 0.787. The second-order valence-electron chi connectivity index (χ2n) is 3.71. The van der Waals surface area contributed by atoms with Crippen molar-refractivity contribution >= 4 is 5.91 Å². The SMILES string of the molecule is CCC(C)CC(=O)NCc1cccnn1. The van der Waals surface area contributed by atoms with Gasteiger partial charge in [0.05, 0.1) is 12.2 Å². The number of nitrogens with one attached hydrogen (secondary N) is 1. The number of amides is 1. The molecule has 0 aliphatic rings. The van der Waals surface area contributed by atoms with Crippen LogP contribution >= 0.6 is 0 Å². The van der Waals surface area contributed by atoms with E-state index in [-0.39, 0.29) is 5.91 Å². The van der Waals surface area contributed by atoms with E-state index in [2.05, 4.69) is 29.4 Å². The highest BCUT2D eigenvalue weighted by Crippen LogP contribution is 2.05. The first-order valence-electron chi connectivity index (χ1n) is 5.25. The van der Waals surface area contributed by atoms with Crippen LogP contribution in [-0.4, -0.2) is 16.1 Å². The van der Waals surface area contributed by atoms with E-state index in [0.29, 0.717) is 18.9 Å². The Hall–Kier alpha value is -1.45. The molecule has 0 bridgehead atoms. The van der Waals surface area contributed by atoms with Crippen LogP contribution in [0.3, 0.4) is 0 Å². The molecule has 1 unspecified atom stereocenters. The van der Waals surface area contributed by atoms with Gasteiger partial charge in [-0.2, -0.15) is 10.2 Å². The molecule has 0 radical (unpaired) electrons. The maximum Gasteiger partial charge on any atom is 0.220 e. The molecule has 0 aliphatic carbocycles. The van der Waals surface area contributed by atoms with Gasteiger partial charge in [0.15, 0.2) is 0 Å². The van der Waals surface area contributed by atoms with Crippen molar-refractivity contribution in [3.8, 4) is 0 Å². The highest BCUT2D eigenvalue weighted by Gasteiger charge is 2.06. The molecule has 0 saturated carbocycles. The Labute approximate surface area is 90.1 Å². The average molecular weight is 207 g/mol. The summed E-state index contributed by atoms with van der Waals surface area (Å²) in [6.45, 7) is 4.62. The third-order valence-electron chi connectivity index (χ3n) is 2.32. The summed E-state index contributed by atoms with van der Waals surface area (Å²) in [5, 5.41) is 10.4. The molecule has 0 aliphatic heterocycles. The lowest BCUT2D eigenvalue weighted by Gasteiger charge is -2.08. The Bertz CT molecular complexity index is 300. The van der Waals surface area contributed by atoms with E-state index in [9.17, 15) is 4.79 Å². The lowest BCUT2D eigenvalue weighted by atomic mass is 10.1. The zero-order chi connectivity index (χ0) is 11.1. The van der Waals surface area contributed by atoms with Crippen molar-refractivity contribution in [2.24, 2.45) is 5.92 Å². The minimum absolute atomic E-state index is 0.0787. The Kier molecular flexibility index (Phi) is 4.74. The molecule has 1 rings (SSSR count). The number of hydrogen-bond donors (Lipinski definition) is 1. The highest BCUT2D eigenvalue weighted by atomic mass is 16.1. The van der Waals surface area contributed by atoms with Gasteiger partial charge in [-0.1, -0.05) is 20.3 Å². The van der Waals surface area contributed by atoms with E-state index >= 15 is 0 Å². The fraction of sp³-hybridized carbons (Fsp3) is 0.545. The van der Waals surface area contributed by atoms with Crippen molar-refractivity contribution < 1.29 is 4.79 Å². The van der Waals surface area contributed by atoms with Crippen LogP contribution in [0.2, 0.25) is 0 Å². The molecule has 1 heterocycles. The van der Waals surface area contributed by atoms with Gasteiger partial charge in [-0.05, 0) is 18.1 Å². The Morgan fingerprint density at radius 3 is 3.00 bits per heavy atom. The Morgan fingerprint density at radius 2 is 2.40 bits per heavy atom. The van der Waals surface area contributed by atoms with E-state index in [4.69, 9.17) is 0 Å². The summed E-state index contributed by atoms with van der Waals surface area (Å²) in [6.07, 6.45) is 3.22. The topological polar surface area (TPSA) is 54.9 Å². The highest BCUT2D eigenvalue weighted by molar-refractivity contribution is 5.75. The first kappa shape index (κ1) is 11.6. The van der Waals surface area contributed by atoms with Gasteiger partial charge in [0.2, 0.25) is 5.91 Å². The first-order chi connectivity index (χ1) is 7.22. The molecular weight excluding hydrogens is 190 g/mol. The minimum Gasteiger partial charge on any atom is -0.350 e. The molecule has 4 heteroatoms. The zero-order valence-corrected chi connectivity index (χ0v) is 9.23. The van der Waals surface area contributed by atoms with Gasteiger partial charge in [0.25, 0.3) is 0 Å². The smallest absolute Gasteiger partial charge is 0.220 e. The Morgan fingerprint density at radius 1 is 1.60 bits per heavy atom. The summed E-state index contributed by atoms with van der Waals surface area (Å²) in [7, 11) is 0. The molecule has 82 valence electrons. The number of aromatic nitrogens is 2. The van der Waals surface area contributed by atoms with Crippen LogP contribution in [0.5, 0.6) is 0 Å². The predicted octanol–water partition coefficient (Wildman–Crippen LogP) is 1.53. The molecule has 1 aromatic rings. The van der Waals surface area contributed by atoms with Gasteiger partial charge >= 0.3 is 0 Å². The van der Waals surface area contributed by atoms with Crippen LogP contribution in [0.15, 0.2) is 18.3 Å². The third kappa shape index (κ3) is 4.54. The van der Waals surface area contributed by atoms with Crippen molar-refractivity contribution in [1.82, 2.24) is 15.5 Å². The number of carbonyl (C=O) groups is 1. The summed E-state index contributed by atoms with van der Waals surface area (Å²) in [5.74, 6) is 0.516. The van der Waals surface area contributed by atoms with Gasteiger partial charge < -0.3 is 5.32 Å². The molecule has 1 amide bonds. The lowest BCUT2D eigenvalue weighted by Crippen LogP contribution is -2.24. The maximum atomic E-state index is 11.4. The normalized spacial score (nSPS) is 12.1. The fourth-order valence-electron chi connectivity index (χ4n) is 1.15. The van der Waals surface area contributed by atoms with Crippen LogP contribution in [-0.2, 0) is 11.3 Å². The van der Waals surface area contributed by atoms with Gasteiger partial charge in [-0.25, -0.2) is 0 Å². The van der Waals surface area contributed by atoms with Crippen molar-refractivity contribution in [2.75, 3.05) is 0 Å². The van der Waals surface area contributed by atoms with Crippen molar-refractivity contribution in [3.63, 3.8) is 0 Å². The van der Waals surface area contributed by atoms with E-state index < -0.39 is 0 Å². The second-order valence-corrected chi connectivity index (χ2v) is 3.71. The average Bonchev–Trinajstić information content (AvgIpc) is 2.27. The van der Waals surface area contributed by atoms with Gasteiger partial charge in [0.1, 0.15) is 0 Å².